The summed E-state index contributed by atoms with van der Waals surface area (Å²) in [6, 6.07) is 4.74. The number of carbonyl (C=O) groups excluding carboxylic acids is 5. The van der Waals surface area contributed by atoms with Crippen molar-refractivity contribution in [3.63, 3.8) is 0 Å². The third-order valence-corrected chi connectivity index (χ3v) is 9.02. The van der Waals surface area contributed by atoms with Crippen LogP contribution in [0.4, 0.5) is 0 Å². The molecule has 1 rings (SSSR count). The fourth-order valence-electron chi connectivity index (χ4n) is 5.59. The Balaban J connectivity index is 1.92. The van der Waals surface area contributed by atoms with Gasteiger partial charge >= 0.3 is 11.9 Å². The number of hydrogen-bond donors (Lipinski definition) is 7. The second-order valence-electron chi connectivity index (χ2n) is 14.3. The molecule has 1 aromatic rings. The lowest BCUT2D eigenvalue weighted by molar-refractivity contribution is -0.142. The Morgan fingerprint density at radius 2 is 1.08 bits per heavy atom. The van der Waals surface area contributed by atoms with Gasteiger partial charge in [0.2, 0.25) is 23.6 Å². The Bertz CT molecular complexity index is 1380. The molecule has 0 aromatic heterocycles. The number of unbranched alkanes of at least 4 members (excludes halogenated alkanes) is 9. The maximum Gasteiger partial charge on any atom is 0.335 e. The normalized spacial score (nSPS) is 11.9. The number of aliphatic carboxylic acids is 1. The first-order valence-corrected chi connectivity index (χ1v) is 21.3. The van der Waals surface area contributed by atoms with E-state index in [0.29, 0.717) is 38.0 Å². The summed E-state index contributed by atoms with van der Waals surface area (Å²) in [7, 11) is 0. The maximum absolute atomic E-state index is 12.3. The van der Waals surface area contributed by atoms with Crippen LogP contribution in [0, 0.1) is 0 Å². The molecule has 19 heteroatoms. The number of nitrogens with one attached hydrogen (secondary N) is 4. The topological polar surface area (TPSA) is 280 Å². The predicted molar refractivity (Wildman–Crippen MR) is 224 cm³/mol. The number of carboxylic acids is 2. The third-order valence-electron chi connectivity index (χ3n) is 9.02. The lowest BCUT2D eigenvalue weighted by Crippen LogP contribution is -2.41. The van der Waals surface area contributed by atoms with E-state index in [1.54, 1.807) is 12.1 Å². The number of carboxylic acid groups (broad SMARTS) is 2. The molecule has 0 saturated carbocycles. The number of aldehydes is 1. The van der Waals surface area contributed by atoms with Gasteiger partial charge in [-0.3, -0.25) is 19.2 Å². The summed E-state index contributed by atoms with van der Waals surface area (Å²) in [4.78, 5) is 81.1. The fraction of sp³-hybridized carbons (Fsp3) is 0.690. The first kappa shape index (κ1) is 54.3. The van der Waals surface area contributed by atoms with Crippen molar-refractivity contribution in [1.29, 1.82) is 0 Å². The molecule has 4 amide bonds. The van der Waals surface area contributed by atoms with E-state index in [1.165, 1.54) is 12.1 Å². The van der Waals surface area contributed by atoms with E-state index in [2.05, 4.69) is 21.3 Å². The van der Waals surface area contributed by atoms with Crippen LogP contribution in [0.3, 0.4) is 0 Å². The summed E-state index contributed by atoms with van der Waals surface area (Å²) in [5, 5.41) is 29.0. The van der Waals surface area contributed by atoms with Gasteiger partial charge < -0.3 is 65.7 Å². The molecular weight excluding hydrogens is 798 g/mol. The van der Waals surface area contributed by atoms with E-state index >= 15 is 0 Å². The summed E-state index contributed by atoms with van der Waals surface area (Å²) in [6.45, 7) is 2.56. The van der Waals surface area contributed by atoms with Crippen molar-refractivity contribution in [2.75, 3.05) is 79.1 Å². The van der Waals surface area contributed by atoms with E-state index < -0.39 is 24.0 Å². The van der Waals surface area contributed by atoms with E-state index in [0.717, 1.165) is 64.2 Å². The molecular formula is C42H69N5O14. The molecule has 0 saturated heterocycles. The highest BCUT2D eigenvalue weighted by atomic mass is 16.5. The predicted octanol–water partition coefficient (Wildman–Crippen LogP) is 2.13. The Morgan fingerprint density at radius 3 is 1.64 bits per heavy atom. The smallest absolute Gasteiger partial charge is 0.335 e. The molecule has 8 N–H and O–H groups in total. The number of nitrogens with two attached hydrogens (primary N) is 1. The maximum atomic E-state index is 12.3. The Morgan fingerprint density at radius 1 is 0.557 bits per heavy atom. The van der Waals surface area contributed by atoms with Crippen molar-refractivity contribution in [2.45, 2.75) is 108 Å². The van der Waals surface area contributed by atoms with E-state index in [1.807, 2.05) is 0 Å². The zero-order valence-corrected chi connectivity index (χ0v) is 35.5. The molecule has 0 heterocycles. The highest BCUT2D eigenvalue weighted by Gasteiger charge is 2.21. The SMILES string of the molecule is N[C@H](C=O)CCCCNC(=O)COCCOCCNC(=O)COCCOCCNC(=O)CC[C@H](NC(=O)CCCCCCCCCCCOc1ccc(C(=O)O)cc1)C(=O)O. The molecule has 61 heavy (non-hydrogen) atoms. The first-order chi connectivity index (χ1) is 29.5. The van der Waals surface area contributed by atoms with Gasteiger partial charge in [0.15, 0.2) is 0 Å². The van der Waals surface area contributed by atoms with Crippen LogP contribution in [0.15, 0.2) is 24.3 Å². The molecule has 346 valence electrons. The summed E-state index contributed by atoms with van der Waals surface area (Å²) >= 11 is 0. The first-order valence-electron chi connectivity index (χ1n) is 21.3. The summed E-state index contributed by atoms with van der Waals surface area (Å²) < 4.78 is 26.9. The quantitative estimate of drug-likeness (QED) is 0.0367. The summed E-state index contributed by atoms with van der Waals surface area (Å²) in [5.41, 5.74) is 5.74. The molecule has 2 atom stereocenters. The van der Waals surface area contributed by atoms with Crippen molar-refractivity contribution in [3.05, 3.63) is 29.8 Å². The zero-order valence-electron chi connectivity index (χ0n) is 35.5. The van der Waals surface area contributed by atoms with Crippen LogP contribution in [0.1, 0.15) is 107 Å². The third kappa shape index (κ3) is 32.7. The molecule has 0 aliphatic rings. The molecule has 0 radical (unpaired) electrons. The Labute approximate surface area is 358 Å². The van der Waals surface area contributed by atoms with Crippen LogP contribution in [-0.2, 0) is 47.7 Å². The zero-order chi connectivity index (χ0) is 44.8. The number of aromatic carboxylic acids is 1. The summed E-state index contributed by atoms with van der Waals surface area (Å²) in [5.74, 6) is -2.79. The number of hydrogen-bond acceptors (Lipinski definition) is 13. The van der Waals surface area contributed by atoms with Crippen LogP contribution in [0.25, 0.3) is 0 Å². The van der Waals surface area contributed by atoms with Crippen LogP contribution in [-0.4, -0.2) is 143 Å². The minimum absolute atomic E-state index is 0.0416. The van der Waals surface area contributed by atoms with Crippen LogP contribution >= 0.6 is 0 Å². The summed E-state index contributed by atoms with van der Waals surface area (Å²) in [6.07, 6.45) is 11.7. The van der Waals surface area contributed by atoms with Crippen molar-refractivity contribution in [3.8, 4) is 5.75 Å². The van der Waals surface area contributed by atoms with Crippen LogP contribution in [0.2, 0.25) is 0 Å². The second-order valence-corrected chi connectivity index (χ2v) is 14.3. The number of benzene rings is 1. The standard InChI is InChI=1S/C42H69N5O14/c43-34(30-48)12-9-10-20-44-39(51)31-59-28-27-58-25-22-46-40(52)32-60-29-26-57-24-21-45-37(49)19-18-36(42(55)56)47-38(50)13-8-6-4-2-1-3-5-7-11-23-61-35-16-14-33(15-17-35)41(53)54/h14-17,30,34,36H,1-13,18-29,31-32,43H2,(H,44,51)(H,45,49)(H,46,52)(H,47,50)(H,53,54)(H,55,56)/t34-,36-/m0/s1. The van der Waals surface area contributed by atoms with E-state index in [9.17, 15) is 38.7 Å². The van der Waals surface area contributed by atoms with Gasteiger partial charge in [-0.15, -0.1) is 0 Å². The van der Waals surface area contributed by atoms with Crippen molar-refractivity contribution < 1.29 is 67.5 Å². The van der Waals surface area contributed by atoms with Gasteiger partial charge in [0.1, 0.15) is 31.3 Å². The monoisotopic (exact) mass is 867 g/mol. The van der Waals surface area contributed by atoms with Gasteiger partial charge in [-0.1, -0.05) is 44.9 Å². The minimum Gasteiger partial charge on any atom is -0.494 e. The number of ether oxygens (including phenoxy) is 5. The lowest BCUT2D eigenvalue weighted by atomic mass is 10.1. The molecule has 0 unspecified atom stereocenters. The molecule has 0 aliphatic carbocycles. The fourth-order valence-corrected chi connectivity index (χ4v) is 5.59. The van der Waals surface area contributed by atoms with Gasteiger partial charge in [-0.2, -0.15) is 0 Å². The molecule has 0 aliphatic heterocycles. The van der Waals surface area contributed by atoms with Gasteiger partial charge in [0, 0.05) is 32.5 Å². The van der Waals surface area contributed by atoms with Gasteiger partial charge in [0.05, 0.1) is 57.9 Å². The average Bonchev–Trinajstić information content (AvgIpc) is 3.24. The molecule has 0 spiro atoms. The Kier molecular flexibility index (Phi) is 33.0. The Hall–Kier alpha value is -4.69. The van der Waals surface area contributed by atoms with Gasteiger partial charge in [-0.05, 0) is 62.8 Å². The molecule has 0 fully saturated rings. The lowest BCUT2D eigenvalue weighted by Gasteiger charge is -2.14. The van der Waals surface area contributed by atoms with E-state index in [4.69, 9.17) is 34.5 Å². The van der Waals surface area contributed by atoms with Gasteiger partial charge in [-0.25, -0.2) is 9.59 Å². The molecule has 19 nitrogen and oxygen atoms in total. The number of carbonyl (C=O) groups is 7. The van der Waals surface area contributed by atoms with Crippen molar-refractivity contribution in [1.82, 2.24) is 21.3 Å². The highest BCUT2D eigenvalue weighted by Crippen LogP contribution is 2.14. The molecule has 1 aromatic carbocycles. The minimum atomic E-state index is -1.20. The highest BCUT2D eigenvalue weighted by molar-refractivity contribution is 5.87. The second kappa shape index (κ2) is 37.1. The molecule has 0 bridgehead atoms. The van der Waals surface area contributed by atoms with E-state index in [-0.39, 0.29) is 114 Å². The van der Waals surface area contributed by atoms with Gasteiger partial charge in [0.25, 0.3) is 0 Å². The van der Waals surface area contributed by atoms with Crippen LogP contribution < -0.4 is 31.7 Å². The van der Waals surface area contributed by atoms with Crippen molar-refractivity contribution >= 4 is 41.9 Å². The van der Waals surface area contributed by atoms with Crippen LogP contribution in [0.5, 0.6) is 5.75 Å². The van der Waals surface area contributed by atoms with Crippen molar-refractivity contribution in [2.24, 2.45) is 5.73 Å². The number of rotatable bonds is 41. The average molecular weight is 868 g/mol. The largest absolute Gasteiger partial charge is 0.494 e. The number of amides is 4.